The molecule has 12 heavy (non-hydrogen) atoms. The molecule has 2 nitrogen and oxygen atoms in total. The van der Waals surface area contributed by atoms with Gasteiger partial charge in [-0.2, -0.15) is 0 Å². The van der Waals surface area contributed by atoms with Crippen molar-refractivity contribution in [3.05, 3.63) is 0 Å². The molecule has 0 heterocycles. The van der Waals surface area contributed by atoms with Crippen molar-refractivity contribution < 1.29 is 9.53 Å². The highest BCUT2D eigenvalue weighted by Gasteiger charge is 2.29. The lowest BCUT2D eigenvalue weighted by Crippen LogP contribution is -2.41. The van der Waals surface area contributed by atoms with Crippen LogP contribution in [-0.2, 0) is 9.53 Å². The van der Waals surface area contributed by atoms with Crippen molar-refractivity contribution in [3.8, 4) is 0 Å². The van der Waals surface area contributed by atoms with Crippen LogP contribution < -0.4 is 0 Å². The first kappa shape index (κ1) is 11.7. The zero-order chi connectivity index (χ0) is 9.78. The fraction of sp³-hybridized carbons (Fsp3) is 0.889. The van der Waals surface area contributed by atoms with Gasteiger partial charge in [0.25, 0.3) is 0 Å². The van der Waals surface area contributed by atoms with Gasteiger partial charge in [0.15, 0.2) is 13.6 Å². The first-order valence-electron chi connectivity index (χ1n) is 4.60. The quantitative estimate of drug-likeness (QED) is 0.575. The van der Waals surface area contributed by atoms with Crippen molar-refractivity contribution in [1.29, 1.82) is 0 Å². The summed E-state index contributed by atoms with van der Waals surface area (Å²) in [4.78, 5) is 11.5. The van der Waals surface area contributed by atoms with Crippen LogP contribution in [0, 0.1) is 5.92 Å². The molecule has 3 heteroatoms. The van der Waals surface area contributed by atoms with Crippen LogP contribution in [0.4, 0.5) is 0 Å². The molecule has 0 saturated heterocycles. The summed E-state index contributed by atoms with van der Waals surface area (Å²) in [5.74, 6) is 0.229. The van der Waals surface area contributed by atoms with Crippen molar-refractivity contribution in [2.24, 2.45) is 5.92 Å². The lowest BCUT2D eigenvalue weighted by atomic mass is 9.76. The summed E-state index contributed by atoms with van der Waals surface area (Å²) in [6, 6.07) is 0. The Morgan fingerprint density at radius 1 is 1.58 bits per heavy atom. The third kappa shape index (κ3) is 3.39. The van der Waals surface area contributed by atoms with Gasteiger partial charge >= 0.3 is 0 Å². The van der Waals surface area contributed by atoms with Crippen molar-refractivity contribution in [2.45, 2.75) is 39.6 Å². The Bertz CT molecular complexity index is 153. The molecule has 0 aliphatic carbocycles. The van der Waals surface area contributed by atoms with E-state index in [4.69, 9.17) is 4.74 Å². The van der Waals surface area contributed by atoms with Gasteiger partial charge in [-0.3, -0.25) is 4.79 Å². The number of rotatable bonds is 5. The molecule has 0 aromatic carbocycles. The molecule has 0 saturated carbocycles. The molecule has 0 N–H and O–H groups in total. The van der Waals surface area contributed by atoms with E-state index in [0.717, 1.165) is 6.42 Å². The van der Waals surface area contributed by atoms with Crippen LogP contribution in [0.25, 0.3) is 0 Å². The summed E-state index contributed by atoms with van der Waals surface area (Å²) in [6.07, 6.45) is 0.953. The Balaban J connectivity index is 4.09. The van der Waals surface area contributed by atoms with E-state index < -0.39 is 5.50 Å². The minimum Gasteiger partial charge on any atom is -0.377 e. The molecular formula is C9H19BO2. The highest BCUT2D eigenvalue weighted by Crippen LogP contribution is 2.13. The Morgan fingerprint density at radius 3 is 2.42 bits per heavy atom. The fourth-order valence-corrected chi connectivity index (χ4v) is 1.12. The van der Waals surface area contributed by atoms with Crippen molar-refractivity contribution in [1.82, 2.24) is 0 Å². The molecule has 1 atom stereocenters. The third-order valence-electron chi connectivity index (χ3n) is 1.78. The van der Waals surface area contributed by atoms with Crippen LogP contribution in [0.15, 0.2) is 0 Å². The van der Waals surface area contributed by atoms with E-state index in [0.29, 0.717) is 6.61 Å². The molecule has 0 aromatic heterocycles. The van der Waals surface area contributed by atoms with Gasteiger partial charge in [-0.15, -0.1) is 0 Å². The Morgan fingerprint density at radius 2 is 2.08 bits per heavy atom. The Labute approximate surface area is 76.1 Å². The smallest absolute Gasteiger partial charge is 0.157 e. The number of carbonyl (C=O) groups is 1. The van der Waals surface area contributed by atoms with Crippen LogP contribution >= 0.6 is 0 Å². The van der Waals surface area contributed by atoms with Gasteiger partial charge in [0.1, 0.15) is 0 Å². The van der Waals surface area contributed by atoms with Crippen LogP contribution in [0.1, 0.15) is 34.1 Å². The lowest BCUT2D eigenvalue weighted by Gasteiger charge is -2.25. The number of hydrogen-bond acceptors (Lipinski definition) is 2. The molecule has 0 aromatic rings. The second-order valence-electron chi connectivity index (χ2n) is 3.88. The summed E-state index contributed by atoms with van der Waals surface area (Å²) in [7, 11) is 1.84. The van der Waals surface area contributed by atoms with E-state index in [9.17, 15) is 4.79 Å². The predicted molar refractivity (Wildman–Crippen MR) is 53.0 cm³/mol. The molecule has 0 spiro atoms. The largest absolute Gasteiger partial charge is 0.377 e. The van der Waals surface area contributed by atoms with Crippen molar-refractivity contribution in [3.63, 3.8) is 0 Å². The molecule has 70 valence electrons. The van der Waals surface area contributed by atoms with Crippen LogP contribution in [0.3, 0.4) is 0 Å². The first-order chi connectivity index (χ1) is 5.41. The van der Waals surface area contributed by atoms with E-state index in [1.54, 1.807) is 0 Å². The van der Waals surface area contributed by atoms with Crippen LogP contribution in [0.2, 0.25) is 0 Å². The number of carbonyl (C=O) groups excluding carboxylic acids is 1. The molecular weight excluding hydrogens is 151 g/mol. The van der Waals surface area contributed by atoms with Crippen LogP contribution in [0.5, 0.6) is 0 Å². The van der Waals surface area contributed by atoms with Crippen molar-refractivity contribution in [2.75, 3.05) is 6.61 Å². The van der Waals surface area contributed by atoms with E-state index in [2.05, 4.69) is 0 Å². The fourth-order valence-electron chi connectivity index (χ4n) is 1.12. The minimum absolute atomic E-state index is 0.0526. The molecule has 0 amide bonds. The highest BCUT2D eigenvalue weighted by atomic mass is 16.5. The molecule has 0 bridgehead atoms. The first-order valence-corrected chi connectivity index (χ1v) is 4.60. The maximum Gasteiger partial charge on any atom is 0.157 e. The lowest BCUT2D eigenvalue weighted by molar-refractivity contribution is -0.136. The average molecular weight is 170 g/mol. The zero-order valence-electron chi connectivity index (χ0n) is 8.81. The van der Waals surface area contributed by atoms with Gasteiger partial charge in [0.05, 0.1) is 5.50 Å². The van der Waals surface area contributed by atoms with Gasteiger partial charge in [-0.25, -0.2) is 0 Å². The summed E-state index contributed by atoms with van der Waals surface area (Å²) in [5.41, 5.74) is -0.607. The maximum atomic E-state index is 11.5. The second-order valence-corrected chi connectivity index (χ2v) is 3.88. The van der Waals surface area contributed by atoms with Gasteiger partial charge in [0.2, 0.25) is 0 Å². The van der Waals surface area contributed by atoms with E-state index in [1.165, 1.54) is 0 Å². The number of ketones is 1. The standard InChI is InChI=1S/C9H19BO2/c1-5-6-12-9(4,10)8(11)7(2)3/h7H,5-6,10H2,1-4H3. The van der Waals surface area contributed by atoms with Gasteiger partial charge < -0.3 is 4.74 Å². The van der Waals surface area contributed by atoms with Crippen LogP contribution in [-0.4, -0.2) is 25.7 Å². The summed E-state index contributed by atoms with van der Waals surface area (Å²) < 4.78 is 5.45. The third-order valence-corrected chi connectivity index (χ3v) is 1.78. The van der Waals surface area contributed by atoms with Gasteiger partial charge in [0, 0.05) is 12.5 Å². The van der Waals surface area contributed by atoms with Gasteiger partial charge in [-0.05, 0) is 13.3 Å². The summed E-state index contributed by atoms with van der Waals surface area (Å²) >= 11 is 0. The Hall–Kier alpha value is -0.305. The average Bonchev–Trinajstić information content (AvgIpc) is 1.99. The normalized spacial score (nSPS) is 16.1. The molecule has 0 fully saturated rings. The molecule has 0 aliphatic heterocycles. The molecule has 0 rings (SSSR count). The highest BCUT2D eigenvalue weighted by molar-refractivity contribution is 6.27. The van der Waals surface area contributed by atoms with E-state index in [1.807, 2.05) is 35.5 Å². The SMILES string of the molecule is BC(C)(OCCC)C(=O)C(C)C. The van der Waals surface area contributed by atoms with Gasteiger partial charge in [-0.1, -0.05) is 20.8 Å². The molecule has 0 radical (unpaired) electrons. The number of hydrogen-bond donors (Lipinski definition) is 0. The van der Waals surface area contributed by atoms with E-state index in [-0.39, 0.29) is 11.7 Å². The monoisotopic (exact) mass is 170 g/mol. The Kier molecular flexibility index (Phi) is 4.54. The number of ether oxygens (including phenoxy) is 1. The summed E-state index contributed by atoms with van der Waals surface area (Å²) in [5, 5.41) is 0. The molecule has 0 aliphatic rings. The van der Waals surface area contributed by atoms with E-state index >= 15 is 0 Å². The minimum atomic E-state index is -0.607. The maximum absolute atomic E-state index is 11.5. The zero-order valence-corrected chi connectivity index (χ0v) is 8.81. The summed E-state index contributed by atoms with van der Waals surface area (Å²) in [6.45, 7) is 8.34. The second kappa shape index (κ2) is 4.66. The molecule has 1 unspecified atom stereocenters. The van der Waals surface area contributed by atoms with Crippen molar-refractivity contribution >= 4 is 13.6 Å². The number of Topliss-reactive ketones (excluding diaryl/α,β-unsaturated/α-hetero) is 1. The topological polar surface area (TPSA) is 26.3 Å². The predicted octanol–water partition coefficient (Wildman–Crippen LogP) is 0.987.